The van der Waals surface area contributed by atoms with Gasteiger partial charge in [0.1, 0.15) is 11.5 Å². The van der Waals surface area contributed by atoms with E-state index in [9.17, 15) is 10.2 Å². The molecule has 0 radical (unpaired) electrons. The second-order valence-electron chi connectivity index (χ2n) is 4.34. The minimum atomic E-state index is 0.0846. The van der Waals surface area contributed by atoms with E-state index < -0.39 is 0 Å². The van der Waals surface area contributed by atoms with Crippen LogP contribution in [0.3, 0.4) is 0 Å². The number of nitrogens with two attached hydrogens (primary N) is 1. The number of rotatable bonds is 4. The Hall–Kier alpha value is -2.00. The number of aromatic hydroxyl groups is 2. The summed E-state index contributed by atoms with van der Waals surface area (Å²) in [5.41, 5.74) is 8.75. The molecule has 0 aliphatic heterocycles. The Morgan fingerprint density at radius 1 is 0.889 bits per heavy atom. The van der Waals surface area contributed by atoms with Crippen LogP contribution in [-0.2, 0) is 19.4 Å². The van der Waals surface area contributed by atoms with Gasteiger partial charge in [0.25, 0.3) is 0 Å². The van der Waals surface area contributed by atoms with Crippen LogP contribution in [0.2, 0.25) is 0 Å². The van der Waals surface area contributed by atoms with Gasteiger partial charge in [0, 0.05) is 12.6 Å². The maximum Gasteiger partial charge on any atom is 0.122 e. The molecule has 0 aliphatic rings. The quantitative estimate of drug-likeness (QED) is 0.772. The summed E-state index contributed by atoms with van der Waals surface area (Å²) in [7, 11) is 0. The van der Waals surface area contributed by atoms with Crippen LogP contribution in [0, 0.1) is 0 Å². The van der Waals surface area contributed by atoms with Crippen molar-refractivity contribution in [3.05, 3.63) is 59.2 Å². The molecule has 4 N–H and O–H groups in total. The van der Waals surface area contributed by atoms with Crippen LogP contribution in [-0.4, -0.2) is 10.2 Å². The monoisotopic (exact) mass is 243 g/mol. The minimum Gasteiger partial charge on any atom is -0.508 e. The Morgan fingerprint density at radius 2 is 1.67 bits per heavy atom. The van der Waals surface area contributed by atoms with E-state index in [2.05, 4.69) is 12.1 Å². The lowest BCUT2D eigenvalue weighted by Crippen LogP contribution is -1.98. The average Bonchev–Trinajstić information content (AvgIpc) is 2.38. The van der Waals surface area contributed by atoms with Crippen LogP contribution >= 0.6 is 0 Å². The molecule has 0 unspecified atom stereocenters. The number of hydrogen-bond donors (Lipinski definition) is 3. The molecule has 18 heavy (non-hydrogen) atoms. The van der Waals surface area contributed by atoms with Crippen molar-refractivity contribution in [3.63, 3.8) is 0 Å². The predicted molar refractivity (Wildman–Crippen MR) is 71.5 cm³/mol. The van der Waals surface area contributed by atoms with Gasteiger partial charge in [0.2, 0.25) is 0 Å². The standard InChI is InChI=1S/C15H17NO2/c16-10-12-3-1-2-11(8-12)4-5-13-6-7-14(17)9-15(13)18/h1-3,6-9,17-18H,4-5,10,16H2. The van der Waals surface area contributed by atoms with Crippen molar-refractivity contribution >= 4 is 0 Å². The first-order chi connectivity index (χ1) is 8.69. The fourth-order valence-electron chi connectivity index (χ4n) is 1.95. The molecular formula is C15H17NO2. The summed E-state index contributed by atoms with van der Waals surface area (Å²) >= 11 is 0. The summed E-state index contributed by atoms with van der Waals surface area (Å²) in [4.78, 5) is 0. The highest BCUT2D eigenvalue weighted by molar-refractivity contribution is 5.39. The van der Waals surface area contributed by atoms with Crippen LogP contribution < -0.4 is 5.73 Å². The van der Waals surface area contributed by atoms with Gasteiger partial charge in [-0.25, -0.2) is 0 Å². The molecule has 3 heteroatoms. The SMILES string of the molecule is NCc1cccc(CCc2ccc(O)cc2O)c1. The van der Waals surface area contributed by atoms with Crippen molar-refractivity contribution in [2.24, 2.45) is 5.73 Å². The second kappa shape index (κ2) is 5.56. The molecule has 0 aliphatic carbocycles. The third-order valence-electron chi connectivity index (χ3n) is 2.98. The zero-order chi connectivity index (χ0) is 13.0. The lowest BCUT2D eigenvalue weighted by atomic mass is 10.0. The number of phenols is 2. The molecule has 0 aromatic heterocycles. The number of aryl methyl sites for hydroxylation is 2. The molecule has 94 valence electrons. The van der Waals surface area contributed by atoms with E-state index in [1.54, 1.807) is 12.1 Å². The van der Waals surface area contributed by atoms with Gasteiger partial charge in [-0.05, 0) is 35.6 Å². The summed E-state index contributed by atoms with van der Waals surface area (Å²) in [6, 6.07) is 12.8. The van der Waals surface area contributed by atoms with E-state index in [0.29, 0.717) is 6.54 Å². The zero-order valence-corrected chi connectivity index (χ0v) is 10.1. The first-order valence-corrected chi connectivity index (χ1v) is 5.98. The van der Waals surface area contributed by atoms with Gasteiger partial charge in [-0.3, -0.25) is 0 Å². The summed E-state index contributed by atoms with van der Waals surface area (Å²) in [6.07, 6.45) is 1.58. The Balaban J connectivity index is 2.06. The number of hydrogen-bond acceptors (Lipinski definition) is 3. The summed E-state index contributed by atoms with van der Waals surface area (Å²) in [5, 5.41) is 18.9. The predicted octanol–water partition coefficient (Wildman–Crippen LogP) is 2.34. The van der Waals surface area contributed by atoms with E-state index in [-0.39, 0.29) is 11.5 Å². The average molecular weight is 243 g/mol. The van der Waals surface area contributed by atoms with Crippen molar-refractivity contribution in [1.29, 1.82) is 0 Å². The van der Waals surface area contributed by atoms with E-state index >= 15 is 0 Å². The maximum atomic E-state index is 9.69. The highest BCUT2D eigenvalue weighted by Crippen LogP contribution is 2.23. The van der Waals surface area contributed by atoms with Crippen LogP contribution in [0.1, 0.15) is 16.7 Å². The molecule has 0 amide bonds. The zero-order valence-electron chi connectivity index (χ0n) is 10.1. The molecule has 0 spiro atoms. The third kappa shape index (κ3) is 3.02. The molecule has 2 aromatic rings. The van der Waals surface area contributed by atoms with Gasteiger partial charge in [0.15, 0.2) is 0 Å². The highest BCUT2D eigenvalue weighted by Gasteiger charge is 2.03. The van der Waals surface area contributed by atoms with Crippen LogP contribution in [0.5, 0.6) is 11.5 Å². The number of benzene rings is 2. The molecule has 0 heterocycles. The summed E-state index contributed by atoms with van der Waals surface area (Å²) in [6.45, 7) is 0.540. The largest absolute Gasteiger partial charge is 0.508 e. The summed E-state index contributed by atoms with van der Waals surface area (Å²) in [5.74, 6) is 0.228. The smallest absolute Gasteiger partial charge is 0.122 e. The van der Waals surface area contributed by atoms with E-state index in [4.69, 9.17) is 5.73 Å². The van der Waals surface area contributed by atoms with Gasteiger partial charge < -0.3 is 15.9 Å². The second-order valence-corrected chi connectivity index (χ2v) is 4.34. The van der Waals surface area contributed by atoms with E-state index in [1.165, 1.54) is 11.6 Å². The molecule has 0 saturated heterocycles. The van der Waals surface area contributed by atoms with Gasteiger partial charge in [-0.1, -0.05) is 30.3 Å². The molecule has 0 bridgehead atoms. The van der Waals surface area contributed by atoms with Crippen molar-refractivity contribution in [3.8, 4) is 11.5 Å². The third-order valence-corrected chi connectivity index (χ3v) is 2.98. The van der Waals surface area contributed by atoms with Crippen molar-refractivity contribution in [2.45, 2.75) is 19.4 Å². The highest BCUT2D eigenvalue weighted by atomic mass is 16.3. The van der Waals surface area contributed by atoms with Gasteiger partial charge in [-0.2, -0.15) is 0 Å². The van der Waals surface area contributed by atoms with Gasteiger partial charge in [-0.15, -0.1) is 0 Å². The van der Waals surface area contributed by atoms with Crippen molar-refractivity contribution in [2.75, 3.05) is 0 Å². The maximum absolute atomic E-state index is 9.69. The molecule has 3 nitrogen and oxygen atoms in total. The molecular weight excluding hydrogens is 226 g/mol. The van der Waals surface area contributed by atoms with Crippen LogP contribution in [0.15, 0.2) is 42.5 Å². The first kappa shape index (κ1) is 12.5. The molecule has 0 fully saturated rings. The van der Waals surface area contributed by atoms with Gasteiger partial charge >= 0.3 is 0 Å². The topological polar surface area (TPSA) is 66.5 Å². The fraction of sp³-hybridized carbons (Fsp3) is 0.200. The van der Waals surface area contributed by atoms with Crippen molar-refractivity contribution in [1.82, 2.24) is 0 Å². The molecule has 2 aromatic carbocycles. The van der Waals surface area contributed by atoms with Crippen molar-refractivity contribution < 1.29 is 10.2 Å². The van der Waals surface area contributed by atoms with E-state index in [1.807, 2.05) is 12.1 Å². The fourth-order valence-corrected chi connectivity index (χ4v) is 1.95. The molecule has 2 rings (SSSR count). The van der Waals surface area contributed by atoms with Gasteiger partial charge in [0.05, 0.1) is 0 Å². The molecule has 0 saturated carbocycles. The summed E-state index contributed by atoms with van der Waals surface area (Å²) < 4.78 is 0. The minimum absolute atomic E-state index is 0.0846. The Morgan fingerprint density at radius 3 is 2.39 bits per heavy atom. The Labute approximate surface area is 107 Å². The lowest BCUT2D eigenvalue weighted by molar-refractivity contribution is 0.446. The van der Waals surface area contributed by atoms with E-state index in [0.717, 1.165) is 24.0 Å². The Kier molecular flexibility index (Phi) is 3.85. The normalized spacial score (nSPS) is 10.5. The van der Waals surface area contributed by atoms with Crippen LogP contribution in [0.4, 0.5) is 0 Å². The van der Waals surface area contributed by atoms with Crippen LogP contribution in [0.25, 0.3) is 0 Å². The lowest BCUT2D eigenvalue weighted by Gasteiger charge is -2.06. The molecule has 0 atom stereocenters. The first-order valence-electron chi connectivity index (χ1n) is 5.98. The number of phenolic OH excluding ortho intramolecular Hbond substituents is 2. The Bertz CT molecular complexity index is 538.